The number of ether oxygens (including phenoxy) is 1. The Labute approximate surface area is 177 Å². The fourth-order valence-electron chi connectivity index (χ4n) is 3.57. The van der Waals surface area contributed by atoms with E-state index in [-0.39, 0.29) is 17.8 Å². The van der Waals surface area contributed by atoms with Gasteiger partial charge in [-0.3, -0.25) is 19.3 Å². The van der Waals surface area contributed by atoms with E-state index in [0.717, 1.165) is 32.1 Å². The third kappa shape index (κ3) is 13.2. The van der Waals surface area contributed by atoms with Crippen LogP contribution in [0.5, 0.6) is 0 Å². The lowest BCUT2D eigenvalue weighted by atomic mass is 10.1. The number of carbonyl (C=O) groups excluding carboxylic acids is 3. The van der Waals surface area contributed by atoms with Crippen LogP contribution in [0.1, 0.15) is 110 Å². The molecule has 0 radical (unpaired) electrons. The molecular weight excluding hydrogens is 366 g/mol. The van der Waals surface area contributed by atoms with Crippen molar-refractivity contribution in [2.45, 2.75) is 110 Å². The van der Waals surface area contributed by atoms with Gasteiger partial charge in [-0.25, -0.2) is 0 Å². The molecule has 166 valence electrons. The molecule has 1 rings (SSSR count). The minimum absolute atomic E-state index is 0.136. The Kier molecular flexibility index (Phi) is 15.1. The lowest BCUT2D eigenvalue weighted by Crippen LogP contribution is -2.30. The lowest BCUT2D eigenvalue weighted by molar-refractivity contribution is -0.144. The fraction of sp³-hybridized carbons (Fsp3) is 0.792. The van der Waals surface area contributed by atoms with Crippen molar-refractivity contribution in [2.24, 2.45) is 0 Å². The molecule has 1 aliphatic rings. The van der Waals surface area contributed by atoms with Crippen LogP contribution in [0.15, 0.2) is 12.2 Å². The van der Waals surface area contributed by atoms with Gasteiger partial charge in [-0.1, -0.05) is 84.0 Å². The molecule has 1 heterocycles. The zero-order valence-corrected chi connectivity index (χ0v) is 18.5. The molecule has 0 aliphatic carbocycles. The van der Waals surface area contributed by atoms with E-state index in [1.165, 1.54) is 81.3 Å². The van der Waals surface area contributed by atoms with Gasteiger partial charge < -0.3 is 4.74 Å². The van der Waals surface area contributed by atoms with Crippen LogP contribution in [0.3, 0.4) is 0 Å². The maximum absolute atomic E-state index is 11.7. The number of hydrogen-bond acceptors (Lipinski definition) is 4. The Morgan fingerprint density at radius 3 is 1.76 bits per heavy atom. The summed E-state index contributed by atoms with van der Waals surface area (Å²) in [6, 6.07) is 0. The van der Waals surface area contributed by atoms with Crippen molar-refractivity contribution in [3.8, 4) is 0 Å². The number of carbonyl (C=O) groups is 3. The fourth-order valence-corrected chi connectivity index (χ4v) is 3.57. The number of nitrogens with zero attached hydrogens (tertiary/aromatic N) is 1. The maximum atomic E-state index is 11.7. The highest BCUT2D eigenvalue weighted by Gasteiger charge is 2.22. The van der Waals surface area contributed by atoms with Crippen molar-refractivity contribution in [3.63, 3.8) is 0 Å². The van der Waals surface area contributed by atoms with E-state index < -0.39 is 0 Å². The average molecular weight is 408 g/mol. The standard InChI is InChI=1S/C24H41NO4/c1-2-3-4-5-6-7-8-9-10-11-12-16-21-29-24(28)17-14-13-15-20-25-22(26)18-19-23(25)27/h18-19H,2-17,20-21H2,1H3. The van der Waals surface area contributed by atoms with Crippen LogP contribution in [-0.4, -0.2) is 35.8 Å². The second-order valence-electron chi connectivity index (χ2n) is 8.08. The summed E-state index contributed by atoms with van der Waals surface area (Å²) in [7, 11) is 0. The second kappa shape index (κ2) is 17.2. The van der Waals surface area contributed by atoms with Crippen LogP contribution in [0.4, 0.5) is 0 Å². The van der Waals surface area contributed by atoms with Gasteiger partial charge in [0, 0.05) is 25.1 Å². The van der Waals surface area contributed by atoms with E-state index in [0.29, 0.717) is 19.6 Å². The highest BCUT2D eigenvalue weighted by molar-refractivity contribution is 6.12. The van der Waals surface area contributed by atoms with E-state index >= 15 is 0 Å². The van der Waals surface area contributed by atoms with Crippen molar-refractivity contribution >= 4 is 17.8 Å². The number of rotatable bonds is 19. The second-order valence-corrected chi connectivity index (χ2v) is 8.08. The first-order valence-corrected chi connectivity index (χ1v) is 11.8. The summed E-state index contributed by atoms with van der Waals surface area (Å²) in [5.41, 5.74) is 0. The zero-order chi connectivity index (χ0) is 21.2. The Bertz CT molecular complexity index is 483. The zero-order valence-electron chi connectivity index (χ0n) is 18.5. The van der Waals surface area contributed by atoms with Gasteiger partial charge in [0.1, 0.15) is 0 Å². The normalized spacial score (nSPS) is 13.5. The number of esters is 1. The molecule has 0 bridgehead atoms. The Balaban J connectivity index is 1.79. The molecule has 0 saturated carbocycles. The van der Waals surface area contributed by atoms with E-state index in [1.807, 2.05) is 0 Å². The Morgan fingerprint density at radius 2 is 1.21 bits per heavy atom. The van der Waals surface area contributed by atoms with Crippen LogP contribution in [-0.2, 0) is 19.1 Å². The van der Waals surface area contributed by atoms with Crippen LogP contribution in [0.2, 0.25) is 0 Å². The highest BCUT2D eigenvalue weighted by atomic mass is 16.5. The quantitative estimate of drug-likeness (QED) is 0.156. The van der Waals surface area contributed by atoms with Crippen molar-refractivity contribution < 1.29 is 19.1 Å². The van der Waals surface area contributed by atoms with Crippen molar-refractivity contribution in [1.82, 2.24) is 4.90 Å². The van der Waals surface area contributed by atoms with Gasteiger partial charge in [0.15, 0.2) is 0 Å². The molecule has 0 N–H and O–H groups in total. The molecule has 0 atom stereocenters. The molecule has 0 fully saturated rings. The molecule has 0 spiro atoms. The van der Waals surface area contributed by atoms with E-state index in [9.17, 15) is 14.4 Å². The topological polar surface area (TPSA) is 63.7 Å². The number of unbranched alkanes of at least 4 members (excludes halogenated alkanes) is 13. The minimum atomic E-state index is -0.239. The van der Waals surface area contributed by atoms with Crippen LogP contribution >= 0.6 is 0 Å². The summed E-state index contributed by atoms with van der Waals surface area (Å²) in [6.07, 6.45) is 20.9. The molecule has 0 saturated heterocycles. The van der Waals surface area contributed by atoms with Gasteiger partial charge in [0.25, 0.3) is 11.8 Å². The predicted octanol–water partition coefficient (Wildman–Crippen LogP) is 5.72. The maximum Gasteiger partial charge on any atom is 0.305 e. The van der Waals surface area contributed by atoms with Crippen LogP contribution < -0.4 is 0 Å². The van der Waals surface area contributed by atoms with Crippen molar-refractivity contribution in [1.29, 1.82) is 0 Å². The predicted molar refractivity (Wildman–Crippen MR) is 116 cm³/mol. The molecule has 0 aromatic heterocycles. The first kappa shape index (κ1) is 25.4. The summed E-state index contributed by atoms with van der Waals surface area (Å²) in [4.78, 5) is 35.8. The highest BCUT2D eigenvalue weighted by Crippen LogP contribution is 2.12. The van der Waals surface area contributed by atoms with Gasteiger partial charge in [-0.15, -0.1) is 0 Å². The summed E-state index contributed by atoms with van der Waals surface area (Å²) in [5.74, 6) is -0.614. The van der Waals surface area contributed by atoms with Crippen molar-refractivity contribution in [3.05, 3.63) is 12.2 Å². The summed E-state index contributed by atoms with van der Waals surface area (Å²) in [6.45, 7) is 3.21. The number of hydrogen-bond donors (Lipinski definition) is 0. The summed E-state index contributed by atoms with van der Waals surface area (Å²) >= 11 is 0. The third-order valence-corrected chi connectivity index (χ3v) is 5.42. The molecule has 29 heavy (non-hydrogen) atoms. The molecule has 5 nitrogen and oxygen atoms in total. The minimum Gasteiger partial charge on any atom is -0.466 e. The van der Waals surface area contributed by atoms with Crippen LogP contribution in [0, 0.1) is 0 Å². The van der Waals surface area contributed by atoms with Gasteiger partial charge in [-0.05, 0) is 19.3 Å². The number of imide groups is 1. The lowest BCUT2D eigenvalue weighted by Gasteiger charge is -2.12. The molecule has 2 amide bonds. The molecule has 0 aromatic rings. The molecule has 1 aliphatic heterocycles. The first-order valence-electron chi connectivity index (χ1n) is 11.8. The smallest absolute Gasteiger partial charge is 0.305 e. The molecule has 0 aromatic carbocycles. The van der Waals surface area contributed by atoms with Crippen molar-refractivity contribution in [2.75, 3.05) is 13.2 Å². The summed E-state index contributed by atoms with van der Waals surface area (Å²) < 4.78 is 5.28. The Hall–Kier alpha value is -1.65. The monoisotopic (exact) mass is 407 g/mol. The molecular formula is C24H41NO4. The SMILES string of the molecule is CCCCCCCCCCCCCCOC(=O)CCCCCN1C(=O)C=CC1=O. The van der Waals surface area contributed by atoms with Crippen LogP contribution in [0.25, 0.3) is 0 Å². The Morgan fingerprint density at radius 1 is 0.724 bits per heavy atom. The van der Waals surface area contributed by atoms with Gasteiger partial charge in [-0.2, -0.15) is 0 Å². The van der Waals surface area contributed by atoms with Gasteiger partial charge in [0.2, 0.25) is 0 Å². The van der Waals surface area contributed by atoms with Gasteiger partial charge >= 0.3 is 5.97 Å². The average Bonchev–Trinajstić information content (AvgIpc) is 3.03. The molecule has 5 heteroatoms. The van der Waals surface area contributed by atoms with E-state index in [1.54, 1.807) is 0 Å². The van der Waals surface area contributed by atoms with E-state index in [2.05, 4.69) is 6.92 Å². The molecule has 0 unspecified atom stereocenters. The van der Waals surface area contributed by atoms with E-state index in [4.69, 9.17) is 4.74 Å². The summed E-state index contributed by atoms with van der Waals surface area (Å²) in [5, 5.41) is 0. The van der Waals surface area contributed by atoms with Gasteiger partial charge in [0.05, 0.1) is 6.61 Å². The first-order chi connectivity index (χ1) is 14.1. The largest absolute Gasteiger partial charge is 0.466 e. The number of amides is 2. The third-order valence-electron chi connectivity index (χ3n) is 5.42.